The van der Waals surface area contributed by atoms with Crippen LogP contribution in [0.1, 0.15) is 60.4 Å². The standard InChI is InChI=1S/C28H31N3O4/c1-5-24(35-23-9-7-6-8-10-23)27(34)31-30-26(33)20-13-17-22(18-14-20)29-25(32)19-11-15-21(16-12-19)28(2,3)4/h6-18,24H,5H2,1-4H3,(H,29,32)(H,30,33)(H,31,34). The third kappa shape index (κ3) is 7.17. The molecule has 0 aliphatic rings. The van der Waals surface area contributed by atoms with Crippen molar-refractivity contribution in [2.75, 3.05) is 5.32 Å². The highest BCUT2D eigenvalue weighted by Gasteiger charge is 2.19. The second-order valence-electron chi connectivity index (χ2n) is 9.13. The molecule has 0 aromatic heterocycles. The lowest BCUT2D eigenvalue weighted by Crippen LogP contribution is -2.47. The molecule has 7 nitrogen and oxygen atoms in total. The second-order valence-corrected chi connectivity index (χ2v) is 9.13. The minimum Gasteiger partial charge on any atom is -0.481 e. The van der Waals surface area contributed by atoms with Gasteiger partial charge in [-0.2, -0.15) is 0 Å². The molecule has 7 heteroatoms. The van der Waals surface area contributed by atoms with Crippen molar-refractivity contribution in [1.29, 1.82) is 0 Å². The lowest BCUT2D eigenvalue weighted by molar-refractivity contribution is -0.128. The van der Waals surface area contributed by atoms with Crippen molar-refractivity contribution in [2.24, 2.45) is 0 Å². The molecule has 0 aliphatic carbocycles. The van der Waals surface area contributed by atoms with E-state index >= 15 is 0 Å². The molecule has 3 amide bonds. The number of rotatable bonds is 7. The lowest BCUT2D eigenvalue weighted by atomic mass is 9.87. The molecular formula is C28H31N3O4. The molecule has 182 valence electrons. The Kier molecular flexibility index (Phi) is 8.25. The van der Waals surface area contributed by atoms with E-state index in [4.69, 9.17) is 4.74 Å². The molecule has 0 fully saturated rings. The van der Waals surface area contributed by atoms with Gasteiger partial charge in [0, 0.05) is 16.8 Å². The number of carbonyl (C=O) groups is 3. The van der Waals surface area contributed by atoms with E-state index in [1.807, 2.05) is 37.3 Å². The molecule has 3 N–H and O–H groups in total. The van der Waals surface area contributed by atoms with E-state index < -0.39 is 17.9 Å². The first-order valence-electron chi connectivity index (χ1n) is 11.5. The Bertz CT molecular complexity index is 1150. The van der Waals surface area contributed by atoms with E-state index in [-0.39, 0.29) is 11.3 Å². The zero-order valence-corrected chi connectivity index (χ0v) is 20.4. The predicted octanol–water partition coefficient (Wildman–Crippen LogP) is 4.86. The van der Waals surface area contributed by atoms with Gasteiger partial charge in [0.1, 0.15) is 5.75 Å². The summed E-state index contributed by atoms with van der Waals surface area (Å²) >= 11 is 0. The summed E-state index contributed by atoms with van der Waals surface area (Å²) in [5, 5.41) is 2.82. The molecular weight excluding hydrogens is 442 g/mol. The van der Waals surface area contributed by atoms with Crippen LogP contribution in [-0.2, 0) is 10.2 Å². The average Bonchev–Trinajstić information content (AvgIpc) is 2.86. The summed E-state index contributed by atoms with van der Waals surface area (Å²) in [7, 11) is 0. The van der Waals surface area contributed by atoms with Crippen molar-refractivity contribution in [2.45, 2.75) is 45.6 Å². The van der Waals surface area contributed by atoms with Crippen molar-refractivity contribution >= 4 is 23.4 Å². The number of hydrogen-bond acceptors (Lipinski definition) is 4. The minimum absolute atomic E-state index is 0.0112. The van der Waals surface area contributed by atoms with Gasteiger partial charge in [-0.25, -0.2) is 0 Å². The molecule has 3 aromatic rings. The minimum atomic E-state index is -0.743. The Labute approximate surface area is 205 Å². The number of benzene rings is 3. The zero-order chi connectivity index (χ0) is 25.4. The molecule has 0 spiro atoms. The van der Waals surface area contributed by atoms with Crippen LogP contribution in [0.3, 0.4) is 0 Å². The number of para-hydroxylation sites is 1. The maximum absolute atomic E-state index is 12.5. The Hall–Kier alpha value is -4.13. The van der Waals surface area contributed by atoms with E-state index in [1.165, 1.54) is 0 Å². The van der Waals surface area contributed by atoms with Gasteiger partial charge in [-0.05, 0) is 65.9 Å². The van der Waals surface area contributed by atoms with Crippen LogP contribution in [-0.4, -0.2) is 23.8 Å². The van der Waals surface area contributed by atoms with E-state index in [9.17, 15) is 14.4 Å². The highest BCUT2D eigenvalue weighted by molar-refractivity contribution is 6.04. The van der Waals surface area contributed by atoms with Crippen molar-refractivity contribution < 1.29 is 19.1 Å². The van der Waals surface area contributed by atoms with E-state index in [0.717, 1.165) is 5.56 Å². The molecule has 0 heterocycles. The van der Waals surface area contributed by atoms with Crippen LogP contribution in [0, 0.1) is 0 Å². The number of hydrazine groups is 1. The summed E-state index contributed by atoms with van der Waals surface area (Å²) in [6.07, 6.45) is -0.308. The molecule has 0 saturated heterocycles. The van der Waals surface area contributed by atoms with Gasteiger partial charge in [0.2, 0.25) is 0 Å². The molecule has 1 atom stereocenters. The lowest BCUT2D eigenvalue weighted by Gasteiger charge is -2.19. The summed E-state index contributed by atoms with van der Waals surface area (Å²) in [5.41, 5.74) is 7.39. The fraction of sp³-hybridized carbons (Fsp3) is 0.250. The third-order valence-corrected chi connectivity index (χ3v) is 5.40. The van der Waals surface area contributed by atoms with E-state index in [1.54, 1.807) is 48.5 Å². The fourth-order valence-electron chi connectivity index (χ4n) is 3.29. The second kappa shape index (κ2) is 11.3. The van der Waals surface area contributed by atoms with E-state index in [2.05, 4.69) is 36.9 Å². The molecule has 35 heavy (non-hydrogen) atoms. The highest BCUT2D eigenvalue weighted by Crippen LogP contribution is 2.22. The topological polar surface area (TPSA) is 96.5 Å². The monoisotopic (exact) mass is 473 g/mol. The summed E-state index contributed by atoms with van der Waals surface area (Å²) in [5.74, 6) is -0.600. The third-order valence-electron chi connectivity index (χ3n) is 5.40. The van der Waals surface area contributed by atoms with Crippen molar-refractivity contribution in [3.05, 3.63) is 95.6 Å². The van der Waals surface area contributed by atoms with Gasteiger partial charge in [0.15, 0.2) is 6.10 Å². The van der Waals surface area contributed by atoms with Gasteiger partial charge in [0.25, 0.3) is 17.7 Å². The first-order chi connectivity index (χ1) is 16.7. The van der Waals surface area contributed by atoms with Crippen molar-refractivity contribution in [1.82, 2.24) is 10.9 Å². The molecule has 0 radical (unpaired) electrons. The first-order valence-corrected chi connectivity index (χ1v) is 11.5. The van der Waals surface area contributed by atoms with Gasteiger partial charge in [-0.1, -0.05) is 58.0 Å². The Morgan fingerprint density at radius 2 is 1.34 bits per heavy atom. The van der Waals surface area contributed by atoms with Crippen LogP contribution >= 0.6 is 0 Å². The Balaban J connectivity index is 1.52. The predicted molar refractivity (Wildman–Crippen MR) is 136 cm³/mol. The molecule has 0 saturated carbocycles. The highest BCUT2D eigenvalue weighted by atomic mass is 16.5. The quantitative estimate of drug-likeness (QED) is 0.427. The Morgan fingerprint density at radius 3 is 1.91 bits per heavy atom. The number of anilines is 1. The van der Waals surface area contributed by atoms with Crippen LogP contribution in [0.5, 0.6) is 5.75 Å². The van der Waals surface area contributed by atoms with Crippen LogP contribution < -0.4 is 20.9 Å². The summed E-state index contributed by atoms with van der Waals surface area (Å²) < 4.78 is 5.67. The summed E-state index contributed by atoms with van der Waals surface area (Å²) in [6.45, 7) is 8.17. The van der Waals surface area contributed by atoms with Gasteiger partial charge in [0.05, 0.1) is 0 Å². The van der Waals surface area contributed by atoms with Crippen molar-refractivity contribution in [3.63, 3.8) is 0 Å². The first kappa shape index (κ1) is 25.5. The maximum atomic E-state index is 12.5. The normalized spacial score (nSPS) is 11.8. The molecule has 0 bridgehead atoms. The van der Waals surface area contributed by atoms with Crippen LogP contribution in [0.25, 0.3) is 0 Å². The molecule has 1 unspecified atom stereocenters. The number of nitrogens with one attached hydrogen (secondary N) is 3. The average molecular weight is 474 g/mol. The SMILES string of the molecule is CCC(Oc1ccccc1)C(=O)NNC(=O)c1ccc(NC(=O)c2ccc(C(C)(C)C)cc2)cc1. The van der Waals surface area contributed by atoms with Gasteiger partial charge in [-0.3, -0.25) is 25.2 Å². The van der Waals surface area contributed by atoms with E-state index in [0.29, 0.717) is 29.0 Å². The van der Waals surface area contributed by atoms with Gasteiger partial charge in [-0.15, -0.1) is 0 Å². The van der Waals surface area contributed by atoms with Crippen molar-refractivity contribution in [3.8, 4) is 5.75 Å². The largest absolute Gasteiger partial charge is 0.481 e. The molecule has 3 rings (SSSR count). The van der Waals surface area contributed by atoms with Crippen LogP contribution in [0.4, 0.5) is 5.69 Å². The van der Waals surface area contributed by atoms with Crippen LogP contribution in [0.2, 0.25) is 0 Å². The van der Waals surface area contributed by atoms with Gasteiger partial charge >= 0.3 is 0 Å². The number of hydrogen-bond donors (Lipinski definition) is 3. The number of carbonyl (C=O) groups excluding carboxylic acids is 3. The zero-order valence-electron chi connectivity index (χ0n) is 20.4. The van der Waals surface area contributed by atoms with Gasteiger partial charge < -0.3 is 10.1 Å². The number of ether oxygens (including phenoxy) is 1. The Morgan fingerprint density at radius 1 is 0.771 bits per heavy atom. The van der Waals surface area contributed by atoms with Crippen LogP contribution in [0.15, 0.2) is 78.9 Å². The molecule has 0 aliphatic heterocycles. The summed E-state index contributed by atoms with van der Waals surface area (Å²) in [6, 6.07) is 22.9. The molecule has 3 aromatic carbocycles. The number of amides is 3. The summed E-state index contributed by atoms with van der Waals surface area (Å²) in [4.78, 5) is 37.4. The maximum Gasteiger partial charge on any atom is 0.279 e. The fourth-order valence-corrected chi connectivity index (χ4v) is 3.29. The smallest absolute Gasteiger partial charge is 0.279 e.